The summed E-state index contributed by atoms with van der Waals surface area (Å²) >= 11 is 0. The van der Waals surface area contributed by atoms with Gasteiger partial charge in [0, 0.05) is 65.2 Å². The number of nitrogens with zero attached hydrogens (tertiary/aromatic N) is 3. The Hall–Kier alpha value is -5.01. The molecule has 0 bridgehead atoms. The van der Waals surface area contributed by atoms with Gasteiger partial charge in [0.15, 0.2) is 0 Å². The molecule has 0 saturated heterocycles. The number of carbonyl (C=O) groups is 5. The smallest absolute Gasteiger partial charge is 0.453 e. The fraction of sp³-hybridized carbons (Fsp3) is 0.613. The van der Waals surface area contributed by atoms with Gasteiger partial charge in [-0.2, -0.15) is 27.2 Å². The molecule has 57 heavy (non-hydrogen) atoms. The second-order valence-electron chi connectivity index (χ2n) is 11.6. The molecule has 0 aliphatic rings. The van der Waals surface area contributed by atoms with Gasteiger partial charge >= 0.3 is 12.1 Å². The number of sulfonamides is 2. The van der Waals surface area contributed by atoms with Crippen LogP contribution in [0.3, 0.4) is 0 Å². The largest absolute Gasteiger partial charge is 0.494 e. The Morgan fingerprint density at radius 2 is 1.14 bits per heavy atom. The highest BCUT2D eigenvalue weighted by Crippen LogP contribution is 2.38. The zero-order valence-electron chi connectivity index (χ0n) is 31.6. The third-order valence-electron chi connectivity index (χ3n) is 6.84. The number of hydrogen-bond acceptors (Lipinski definition) is 13. The van der Waals surface area contributed by atoms with E-state index in [-0.39, 0.29) is 49.7 Å². The molecule has 6 N–H and O–H groups in total. The lowest BCUT2D eigenvalue weighted by atomic mass is 10.2. The molecule has 1 aromatic heterocycles. The van der Waals surface area contributed by atoms with Crippen LogP contribution in [-0.4, -0.2) is 118 Å². The maximum Gasteiger partial charge on any atom is 0.453 e. The average Bonchev–Trinajstić information content (AvgIpc) is 3.67. The van der Waals surface area contributed by atoms with Crippen LogP contribution >= 0.6 is 0 Å². The van der Waals surface area contributed by atoms with E-state index in [2.05, 4.69) is 36.6 Å². The molecule has 0 fully saturated rings. The van der Waals surface area contributed by atoms with E-state index in [1.54, 1.807) is 14.0 Å². The van der Waals surface area contributed by atoms with Crippen molar-refractivity contribution in [1.29, 1.82) is 0 Å². The van der Waals surface area contributed by atoms with Crippen LogP contribution in [-0.2, 0) is 44.0 Å². The summed E-state index contributed by atoms with van der Waals surface area (Å²) in [4.78, 5) is 54.8. The van der Waals surface area contributed by atoms with Gasteiger partial charge in [-0.1, -0.05) is 6.92 Å². The first-order valence-electron chi connectivity index (χ1n) is 17.1. The summed E-state index contributed by atoms with van der Waals surface area (Å²) in [6.45, 7) is 2.30. The van der Waals surface area contributed by atoms with Crippen molar-refractivity contribution in [2.24, 2.45) is 0 Å². The van der Waals surface area contributed by atoms with Gasteiger partial charge in [-0.05, 0) is 55.2 Å². The van der Waals surface area contributed by atoms with Gasteiger partial charge in [0.05, 0.1) is 18.1 Å². The number of rotatable bonds is 21. The molecule has 26 heteroatoms. The molecule has 324 valence electrons. The summed E-state index contributed by atoms with van der Waals surface area (Å²) in [7, 11) is -3.34. The summed E-state index contributed by atoms with van der Waals surface area (Å²) in [6.07, 6.45) is -6.96. The van der Waals surface area contributed by atoms with Crippen LogP contribution in [0.4, 0.5) is 22.0 Å². The molecule has 1 heterocycles. The van der Waals surface area contributed by atoms with Gasteiger partial charge in [0.1, 0.15) is 5.75 Å². The van der Waals surface area contributed by atoms with Crippen LogP contribution in [0, 0.1) is 0 Å². The van der Waals surface area contributed by atoms with Crippen LogP contribution in [0.15, 0.2) is 24.3 Å². The predicted octanol–water partition coefficient (Wildman–Crippen LogP) is 1.47. The predicted molar refractivity (Wildman–Crippen MR) is 194 cm³/mol. The third-order valence-corrected chi connectivity index (χ3v) is 9.57. The lowest BCUT2D eigenvalue weighted by Gasteiger charge is -2.18. The Labute approximate surface area is 326 Å². The topological polar surface area (TPSA) is 277 Å². The lowest BCUT2D eigenvalue weighted by Crippen LogP contribution is -2.39. The highest BCUT2D eigenvalue weighted by Gasteiger charge is 2.56. The number of benzene rings is 1. The number of carbonyl (C=O) groups excluding carboxylic acids is 5. The summed E-state index contributed by atoms with van der Waals surface area (Å²) in [5, 5.41) is 20.9. The standard InChI is InChI=1S/C12H15N5O2.C10H15F5N2O4S.C9H18N2O4S/c1-13-11(18)3-2-8-19-10-6-4-9(5-7-10)12-14-16-17-15-12;1-16-7(18)3-2-6-22(20,21)17-8(19)4-5-9(11,12)10(13,14)15;1-3-5-9(13)11-16(14,15)7-4-6-8(12)10-2/h4-7H,2-3,8H2,1H3,(H,13,18)(H,14,15,16,17);2-6H2,1H3,(H,16,18)(H,17,19);3-7H2,1-2H3,(H,10,12)(H,11,13). The Kier molecular flexibility index (Phi) is 23.7. The fourth-order valence-corrected chi connectivity index (χ4v) is 5.97. The molecule has 0 unspecified atom stereocenters. The number of ether oxygens (including phenoxy) is 1. The van der Waals surface area contributed by atoms with E-state index in [1.807, 2.05) is 29.0 Å². The zero-order valence-corrected chi connectivity index (χ0v) is 33.3. The minimum absolute atomic E-state index is 0.0241. The van der Waals surface area contributed by atoms with Crippen molar-refractivity contribution in [2.75, 3.05) is 39.3 Å². The fourth-order valence-electron chi connectivity index (χ4n) is 3.82. The summed E-state index contributed by atoms with van der Waals surface area (Å²) in [6, 6.07) is 7.40. The van der Waals surface area contributed by atoms with Crippen LogP contribution in [0.25, 0.3) is 11.4 Å². The Morgan fingerprint density at radius 3 is 1.54 bits per heavy atom. The number of hydrogen-bond donors (Lipinski definition) is 6. The minimum Gasteiger partial charge on any atom is -0.494 e. The molecule has 0 aliphatic carbocycles. The second kappa shape index (κ2) is 26.0. The van der Waals surface area contributed by atoms with Crippen LogP contribution in [0.1, 0.15) is 71.1 Å². The van der Waals surface area contributed by atoms with Crippen molar-refractivity contribution in [3.8, 4) is 17.1 Å². The number of alkyl halides is 5. The number of amides is 5. The van der Waals surface area contributed by atoms with Crippen LogP contribution in [0.2, 0.25) is 0 Å². The van der Waals surface area contributed by atoms with Crippen molar-refractivity contribution in [1.82, 2.24) is 46.0 Å². The molecular formula is C31H48F5N9O10S2. The molecule has 5 amide bonds. The van der Waals surface area contributed by atoms with Gasteiger partial charge in [-0.25, -0.2) is 16.8 Å². The van der Waals surface area contributed by atoms with E-state index in [0.717, 1.165) is 11.3 Å². The molecule has 0 radical (unpaired) electrons. The van der Waals surface area contributed by atoms with E-state index < -0.39 is 68.5 Å². The van der Waals surface area contributed by atoms with Crippen molar-refractivity contribution >= 4 is 49.6 Å². The van der Waals surface area contributed by atoms with Crippen molar-refractivity contribution in [3.05, 3.63) is 24.3 Å². The van der Waals surface area contributed by atoms with Crippen LogP contribution in [0.5, 0.6) is 5.75 Å². The number of tetrazole rings is 1. The Bertz CT molecular complexity index is 1770. The molecule has 2 aromatic rings. The molecule has 0 aliphatic heterocycles. The van der Waals surface area contributed by atoms with Gasteiger partial charge in [0.25, 0.3) is 0 Å². The Balaban J connectivity index is 0.000000836. The van der Waals surface area contributed by atoms with Crippen molar-refractivity contribution in [3.63, 3.8) is 0 Å². The second-order valence-corrected chi connectivity index (χ2v) is 15.3. The molecule has 19 nitrogen and oxygen atoms in total. The number of halogens is 5. The highest BCUT2D eigenvalue weighted by atomic mass is 32.2. The first-order valence-corrected chi connectivity index (χ1v) is 20.4. The molecule has 0 atom stereocenters. The quantitative estimate of drug-likeness (QED) is 0.0767. The van der Waals surface area contributed by atoms with Gasteiger partial charge in [-0.3, -0.25) is 33.4 Å². The van der Waals surface area contributed by atoms with E-state index in [4.69, 9.17) is 4.74 Å². The number of nitrogens with one attached hydrogen (secondary N) is 6. The Morgan fingerprint density at radius 1 is 0.684 bits per heavy atom. The van der Waals surface area contributed by atoms with E-state index in [1.165, 1.54) is 18.8 Å². The van der Waals surface area contributed by atoms with E-state index in [0.29, 0.717) is 31.7 Å². The monoisotopic (exact) mass is 865 g/mol. The third kappa shape index (κ3) is 24.3. The normalized spacial score (nSPS) is 11.4. The summed E-state index contributed by atoms with van der Waals surface area (Å²) < 4.78 is 115. The summed E-state index contributed by atoms with van der Waals surface area (Å²) in [5.74, 6) is -7.22. The SMILES string of the molecule is CCCC(=O)NS(=O)(=O)CCCC(=O)NC.CNC(=O)CCCOc1ccc(-c2nn[nH]n2)cc1.CNC(=O)CCCS(=O)(=O)NC(=O)CCC(F)(F)C(F)(F)F. The van der Waals surface area contributed by atoms with E-state index in [9.17, 15) is 62.8 Å². The number of aromatic amines is 1. The summed E-state index contributed by atoms with van der Waals surface area (Å²) in [5.41, 5.74) is 0.867. The first-order chi connectivity index (χ1) is 26.5. The maximum atomic E-state index is 12.6. The van der Waals surface area contributed by atoms with Crippen LogP contribution < -0.4 is 30.1 Å². The molecular weight excluding hydrogens is 818 g/mol. The molecule has 2 rings (SSSR count). The first kappa shape index (κ1) is 52.0. The lowest BCUT2D eigenvalue weighted by molar-refractivity contribution is -0.284. The van der Waals surface area contributed by atoms with Gasteiger partial charge in [0.2, 0.25) is 55.4 Å². The van der Waals surface area contributed by atoms with Gasteiger partial charge < -0.3 is 20.7 Å². The zero-order chi connectivity index (χ0) is 43.7. The molecule has 0 spiro atoms. The van der Waals surface area contributed by atoms with Gasteiger partial charge in [-0.15, -0.1) is 10.2 Å². The molecule has 0 saturated carbocycles. The van der Waals surface area contributed by atoms with E-state index >= 15 is 0 Å². The highest BCUT2D eigenvalue weighted by molar-refractivity contribution is 7.90. The van der Waals surface area contributed by atoms with Crippen molar-refractivity contribution < 1.29 is 67.5 Å². The minimum atomic E-state index is -5.81. The van der Waals surface area contributed by atoms with Crippen molar-refractivity contribution in [2.45, 2.75) is 83.2 Å². The molecule has 1 aromatic carbocycles. The maximum absolute atomic E-state index is 12.6. The average molecular weight is 866 g/mol. The number of H-pyrrole nitrogens is 1. The number of aromatic nitrogens is 4.